The lowest BCUT2D eigenvalue weighted by Gasteiger charge is -2.23. The van der Waals surface area contributed by atoms with Crippen LogP contribution in [-0.4, -0.2) is 39.3 Å². The van der Waals surface area contributed by atoms with Crippen LogP contribution in [0.2, 0.25) is 0 Å². The molecule has 0 aromatic heterocycles. The fourth-order valence-corrected chi connectivity index (χ4v) is 4.95. The molecular weight excluding hydrogens is 564 g/mol. The predicted octanol–water partition coefficient (Wildman–Crippen LogP) is 5.36. The van der Waals surface area contributed by atoms with Crippen molar-refractivity contribution in [3.63, 3.8) is 0 Å². The van der Waals surface area contributed by atoms with Gasteiger partial charge in [-0.25, -0.2) is 13.8 Å². The van der Waals surface area contributed by atoms with Crippen molar-refractivity contribution >= 4 is 39.4 Å². The van der Waals surface area contributed by atoms with Crippen molar-refractivity contribution < 1.29 is 22.7 Å². The Hall–Kier alpha value is -4.96. The number of amides is 2. The van der Waals surface area contributed by atoms with E-state index >= 15 is 0 Å². The SMILES string of the molecule is Cc1ccc(NC(=O)COc2ccc(/C=N\NC(=O)c3ccc(CN(c4ccc(C)c(C)c4)S(C)(=O)=O)cc3)cc2)cc1. The number of carbonyl (C=O) groups is 2. The number of benzene rings is 4. The zero-order chi connectivity index (χ0) is 31.0. The standard InChI is InChI=1S/C33H34N4O5S/c1-23-5-14-29(15-6-23)35-32(38)22-42-31-17-10-26(11-18-31)20-34-36-33(39)28-12-8-27(9-13-28)21-37(43(4,40)41)30-16-7-24(2)25(3)19-30/h5-20H,21-22H2,1-4H3,(H,35,38)(H,36,39)/b34-20-. The number of rotatable bonds is 11. The highest BCUT2D eigenvalue weighted by Gasteiger charge is 2.18. The highest BCUT2D eigenvalue weighted by Crippen LogP contribution is 2.23. The Balaban J connectivity index is 1.28. The minimum Gasteiger partial charge on any atom is -0.484 e. The molecule has 0 aliphatic rings. The van der Waals surface area contributed by atoms with Gasteiger partial charge in [0.05, 0.1) is 24.7 Å². The van der Waals surface area contributed by atoms with E-state index < -0.39 is 15.9 Å². The first-order chi connectivity index (χ1) is 20.5. The minimum absolute atomic E-state index is 0.131. The molecule has 2 N–H and O–H groups in total. The maximum atomic E-state index is 12.6. The fraction of sp³-hybridized carbons (Fsp3) is 0.182. The summed E-state index contributed by atoms with van der Waals surface area (Å²) >= 11 is 0. The molecule has 4 rings (SSSR count). The zero-order valence-corrected chi connectivity index (χ0v) is 25.3. The summed E-state index contributed by atoms with van der Waals surface area (Å²) < 4.78 is 31.9. The lowest BCUT2D eigenvalue weighted by atomic mass is 10.1. The molecule has 0 aliphatic heterocycles. The summed E-state index contributed by atoms with van der Waals surface area (Å²) in [5.41, 5.74) is 8.81. The summed E-state index contributed by atoms with van der Waals surface area (Å²) in [6.45, 7) is 5.90. The van der Waals surface area contributed by atoms with Gasteiger partial charge in [0, 0.05) is 11.3 Å². The highest BCUT2D eigenvalue weighted by molar-refractivity contribution is 7.92. The molecule has 0 saturated carbocycles. The van der Waals surface area contributed by atoms with Crippen molar-refractivity contribution in [1.29, 1.82) is 0 Å². The second-order valence-electron chi connectivity index (χ2n) is 10.2. The van der Waals surface area contributed by atoms with Crippen LogP contribution in [0.25, 0.3) is 0 Å². The van der Waals surface area contributed by atoms with E-state index in [1.165, 1.54) is 16.8 Å². The Morgan fingerprint density at radius 3 is 2.16 bits per heavy atom. The first-order valence-electron chi connectivity index (χ1n) is 13.5. The van der Waals surface area contributed by atoms with Crippen LogP contribution in [-0.2, 0) is 21.4 Å². The van der Waals surface area contributed by atoms with Crippen LogP contribution in [0.3, 0.4) is 0 Å². The van der Waals surface area contributed by atoms with Gasteiger partial charge in [-0.2, -0.15) is 5.10 Å². The molecule has 0 atom stereocenters. The van der Waals surface area contributed by atoms with Gasteiger partial charge in [0.2, 0.25) is 10.0 Å². The zero-order valence-electron chi connectivity index (χ0n) is 24.5. The summed E-state index contributed by atoms with van der Waals surface area (Å²) in [4.78, 5) is 24.7. The van der Waals surface area contributed by atoms with Gasteiger partial charge < -0.3 is 10.1 Å². The largest absolute Gasteiger partial charge is 0.484 e. The van der Waals surface area contributed by atoms with Gasteiger partial charge in [0.1, 0.15) is 5.75 Å². The van der Waals surface area contributed by atoms with Crippen LogP contribution in [0.5, 0.6) is 5.75 Å². The maximum Gasteiger partial charge on any atom is 0.271 e. The first kappa shape index (κ1) is 31.0. The van der Waals surface area contributed by atoms with Crippen molar-refractivity contribution in [2.45, 2.75) is 27.3 Å². The Morgan fingerprint density at radius 2 is 1.53 bits per heavy atom. The first-order valence-corrected chi connectivity index (χ1v) is 15.4. The topological polar surface area (TPSA) is 117 Å². The minimum atomic E-state index is -3.52. The second kappa shape index (κ2) is 13.8. The van der Waals surface area contributed by atoms with E-state index in [-0.39, 0.29) is 19.1 Å². The summed E-state index contributed by atoms with van der Waals surface area (Å²) in [6.07, 6.45) is 2.67. The molecule has 222 valence electrons. The number of carbonyl (C=O) groups excluding carboxylic acids is 2. The lowest BCUT2D eigenvalue weighted by Crippen LogP contribution is -2.29. The van der Waals surface area contributed by atoms with Crippen molar-refractivity contribution in [1.82, 2.24) is 5.43 Å². The molecule has 4 aromatic carbocycles. The predicted molar refractivity (Wildman–Crippen MR) is 170 cm³/mol. The molecule has 0 saturated heterocycles. The van der Waals surface area contributed by atoms with E-state index in [2.05, 4.69) is 15.8 Å². The molecule has 0 fully saturated rings. The van der Waals surface area contributed by atoms with E-state index in [4.69, 9.17) is 4.74 Å². The molecule has 0 heterocycles. The number of hydrogen-bond donors (Lipinski definition) is 2. The normalized spacial score (nSPS) is 11.3. The molecular formula is C33H34N4O5S. The second-order valence-corrected chi connectivity index (χ2v) is 12.1. The van der Waals surface area contributed by atoms with Crippen molar-refractivity contribution in [3.05, 3.63) is 124 Å². The lowest BCUT2D eigenvalue weighted by molar-refractivity contribution is -0.118. The van der Waals surface area contributed by atoms with Crippen molar-refractivity contribution in [2.24, 2.45) is 5.10 Å². The third-order valence-corrected chi connectivity index (χ3v) is 7.83. The molecule has 9 nitrogen and oxygen atoms in total. The molecule has 10 heteroatoms. The molecule has 4 aromatic rings. The Kier molecular flexibility index (Phi) is 9.95. The van der Waals surface area contributed by atoms with Crippen LogP contribution >= 0.6 is 0 Å². The van der Waals surface area contributed by atoms with E-state index in [1.54, 1.807) is 54.6 Å². The van der Waals surface area contributed by atoms with Gasteiger partial charge in [-0.3, -0.25) is 13.9 Å². The average molecular weight is 599 g/mol. The molecule has 0 unspecified atom stereocenters. The fourth-order valence-electron chi connectivity index (χ4n) is 4.07. The molecule has 43 heavy (non-hydrogen) atoms. The number of ether oxygens (including phenoxy) is 1. The van der Waals surface area contributed by atoms with E-state index in [0.29, 0.717) is 22.7 Å². The van der Waals surface area contributed by atoms with E-state index in [0.717, 1.165) is 27.8 Å². The van der Waals surface area contributed by atoms with Crippen LogP contribution in [0.15, 0.2) is 96.1 Å². The number of aryl methyl sites for hydroxylation is 3. The van der Waals surface area contributed by atoms with Crippen LogP contribution in [0.1, 0.15) is 38.2 Å². The van der Waals surface area contributed by atoms with E-state index in [9.17, 15) is 18.0 Å². The molecule has 0 radical (unpaired) electrons. The van der Waals surface area contributed by atoms with Gasteiger partial charge in [0.25, 0.3) is 11.8 Å². The molecule has 0 aliphatic carbocycles. The monoisotopic (exact) mass is 598 g/mol. The van der Waals surface area contributed by atoms with Gasteiger partial charge in [-0.05, 0) is 104 Å². The number of hydrazone groups is 1. The summed E-state index contributed by atoms with van der Waals surface area (Å²) in [5, 5.41) is 6.79. The summed E-state index contributed by atoms with van der Waals surface area (Å²) in [7, 11) is -3.52. The maximum absolute atomic E-state index is 12.6. The average Bonchev–Trinajstić information content (AvgIpc) is 2.98. The van der Waals surface area contributed by atoms with Crippen molar-refractivity contribution in [3.8, 4) is 5.75 Å². The van der Waals surface area contributed by atoms with Crippen molar-refractivity contribution in [2.75, 3.05) is 22.5 Å². The third kappa shape index (κ3) is 9.01. The number of hydrogen-bond acceptors (Lipinski definition) is 6. The highest BCUT2D eigenvalue weighted by atomic mass is 32.2. The Morgan fingerprint density at radius 1 is 0.860 bits per heavy atom. The Labute approximate surface area is 252 Å². The quantitative estimate of drug-likeness (QED) is 0.178. The van der Waals surface area contributed by atoms with Gasteiger partial charge >= 0.3 is 0 Å². The third-order valence-electron chi connectivity index (χ3n) is 6.69. The van der Waals surface area contributed by atoms with Crippen LogP contribution in [0, 0.1) is 20.8 Å². The molecule has 0 spiro atoms. The van der Waals surface area contributed by atoms with Gasteiger partial charge in [-0.1, -0.05) is 35.9 Å². The molecule has 0 bridgehead atoms. The number of sulfonamides is 1. The van der Waals surface area contributed by atoms with Crippen LogP contribution in [0.4, 0.5) is 11.4 Å². The summed E-state index contributed by atoms with van der Waals surface area (Å²) in [6, 6.07) is 26.6. The van der Waals surface area contributed by atoms with Crippen LogP contribution < -0.4 is 19.8 Å². The number of nitrogens with one attached hydrogen (secondary N) is 2. The van der Waals surface area contributed by atoms with Gasteiger partial charge in [0.15, 0.2) is 6.61 Å². The molecule has 2 amide bonds. The Bertz CT molecular complexity index is 1720. The van der Waals surface area contributed by atoms with Gasteiger partial charge in [-0.15, -0.1) is 0 Å². The van der Waals surface area contributed by atoms with E-state index in [1.807, 2.05) is 57.2 Å². The number of nitrogens with zero attached hydrogens (tertiary/aromatic N) is 2. The summed E-state index contributed by atoms with van der Waals surface area (Å²) in [5.74, 6) is -0.150. The number of anilines is 2. The smallest absolute Gasteiger partial charge is 0.271 e.